The zero-order chi connectivity index (χ0) is 79.3. The minimum Gasteiger partial charge on any atom is -0.762 e. The average Bonchev–Trinajstić information content (AvgIpc) is 1.56. The number of halogens is 1. The topological polar surface area (TPSA) is 482 Å². The molecule has 35 unspecified atom stereocenters. The molecule has 0 aliphatic carbocycles. The van der Waals surface area contributed by atoms with Gasteiger partial charge in [0.2, 0.25) is 0 Å². The number of hydroxylamine groups is 2. The van der Waals surface area contributed by atoms with Crippen LogP contribution in [0.5, 0.6) is 23.0 Å². The highest BCUT2D eigenvalue weighted by Crippen LogP contribution is 2.53. The van der Waals surface area contributed by atoms with E-state index < -0.39 is 238 Å². The Morgan fingerprint density at radius 1 is 0.600 bits per heavy atom. The van der Waals surface area contributed by atoms with E-state index in [2.05, 4.69) is 0 Å². The van der Waals surface area contributed by atoms with Gasteiger partial charge in [-0.05, 0) is 85.6 Å². The summed E-state index contributed by atoms with van der Waals surface area (Å²) in [6, 6.07) is 3.56. The van der Waals surface area contributed by atoms with Crippen molar-refractivity contribution in [2.45, 2.75) is 295 Å². The van der Waals surface area contributed by atoms with Crippen molar-refractivity contribution in [3.05, 3.63) is 50.7 Å². The van der Waals surface area contributed by atoms with Crippen molar-refractivity contribution in [2.75, 3.05) is 62.2 Å². The van der Waals surface area contributed by atoms with Crippen LogP contribution in [0.25, 0.3) is 0 Å². The number of aliphatic hydroxyl groups is 5. The summed E-state index contributed by atoms with van der Waals surface area (Å²) in [5.41, 5.74) is -3.08. The monoisotopic (exact) mass is 1600 g/mol. The molecule has 11 fully saturated rings. The van der Waals surface area contributed by atoms with Gasteiger partial charge in [0, 0.05) is 47.3 Å². The molecule has 110 heavy (non-hydrogen) atoms. The van der Waals surface area contributed by atoms with Crippen molar-refractivity contribution in [1.82, 2.24) is 5.23 Å². The summed E-state index contributed by atoms with van der Waals surface area (Å²) < 4.78 is 160. The van der Waals surface area contributed by atoms with Crippen molar-refractivity contribution in [3.8, 4) is 23.0 Å². The first kappa shape index (κ1) is 83.6. The van der Waals surface area contributed by atoms with Gasteiger partial charge in [-0.25, -0.2) is 9.59 Å². The van der Waals surface area contributed by atoms with Crippen LogP contribution in [0.3, 0.4) is 0 Å². The standard InChI is InChI=1S/C70H99ClNO38/c1-25-15-32(73)17-33(74)42(25)61(81)99-38-23-93-70(60-53(38)91-24-92-60)107-39-22-90-63(46(78)52(39)108-70)105-65-56(88-13)45(77)51(37(100-65)21-85-10)103-64-47(79)55(50(86-11)28(4)96-64)104-66-57(80)68(9)59(31(7)97-66)109-69(110-68)19-35(76)48(29(5)106-69)101-40-18-36(98-41-20-67(8,72(83)84)58(89-14)30(6)95-41)49(27(3)94-40)102-62(82)43-26(2)16-34(75)44(71)54(43)87-12/h15-17,27-31,35-41,45-53,55-60,63-66,73-80,83H,18-24H2,1-14H3/q-1. The predicted octanol–water partition coefficient (Wildman–Crippen LogP) is 0.521. The number of phenols is 3. The van der Waals surface area contributed by atoms with Crippen LogP contribution in [0.4, 0.5) is 0 Å². The van der Waals surface area contributed by atoms with Crippen molar-refractivity contribution in [1.29, 1.82) is 0 Å². The number of ether oxygens (including phenoxy) is 26. The summed E-state index contributed by atoms with van der Waals surface area (Å²) in [5, 5.41) is 115. The number of carbonyl (C=O) groups is 2. The maximum Gasteiger partial charge on any atom is 0.342 e. The van der Waals surface area contributed by atoms with Gasteiger partial charge in [0.05, 0.1) is 75.5 Å². The molecule has 39 nitrogen and oxygen atoms in total. The van der Waals surface area contributed by atoms with Crippen molar-refractivity contribution in [3.63, 3.8) is 0 Å². The van der Waals surface area contributed by atoms with E-state index in [1.807, 2.05) is 0 Å². The number of hydrogen-bond donors (Lipinski definition) is 9. The summed E-state index contributed by atoms with van der Waals surface area (Å²) in [5.74, 6) is -7.15. The van der Waals surface area contributed by atoms with Gasteiger partial charge in [-0.2, -0.15) is 0 Å². The summed E-state index contributed by atoms with van der Waals surface area (Å²) in [6.07, 6.45) is -40.1. The molecule has 0 amide bonds. The lowest BCUT2D eigenvalue weighted by Crippen LogP contribution is -2.68. The third-order valence-electron chi connectivity index (χ3n) is 22.4. The van der Waals surface area contributed by atoms with Gasteiger partial charge in [-0.1, -0.05) is 11.6 Å². The molecule has 0 saturated carbocycles. The first-order valence-electron chi connectivity index (χ1n) is 36.2. The van der Waals surface area contributed by atoms with Crippen LogP contribution in [0, 0.1) is 19.1 Å². The lowest BCUT2D eigenvalue weighted by atomic mass is 9.85. The second-order valence-corrected chi connectivity index (χ2v) is 30.2. The predicted molar refractivity (Wildman–Crippen MR) is 358 cm³/mol. The summed E-state index contributed by atoms with van der Waals surface area (Å²) in [4.78, 5) is 27.5. The Kier molecular flexibility index (Phi) is 25.0. The highest BCUT2D eigenvalue weighted by atomic mass is 35.5. The molecule has 13 rings (SSSR count). The Labute approximate surface area is 636 Å². The van der Waals surface area contributed by atoms with Crippen LogP contribution in [0.1, 0.15) is 99.6 Å². The molecular formula is C70H99ClNO38-. The summed E-state index contributed by atoms with van der Waals surface area (Å²) >= 11 is 6.37. The lowest BCUT2D eigenvalue weighted by molar-refractivity contribution is -0.415. The zero-order valence-electron chi connectivity index (χ0n) is 62.8. The number of phenolic OH excluding ortho intramolecular Hbond substituents is 3. The van der Waals surface area contributed by atoms with Gasteiger partial charge in [0.25, 0.3) is 5.97 Å². The van der Waals surface area contributed by atoms with Gasteiger partial charge < -0.3 is 174 Å². The molecular weight excluding hydrogens is 1500 g/mol. The number of aromatic hydroxyl groups is 3. The van der Waals surface area contributed by atoms with Gasteiger partial charge >= 0.3 is 17.9 Å². The Hall–Kier alpha value is -4.37. The Morgan fingerprint density at radius 2 is 1.29 bits per heavy atom. The number of fused-ring (bicyclic) bond motifs is 4. The third kappa shape index (κ3) is 15.5. The van der Waals surface area contributed by atoms with E-state index in [9.17, 15) is 60.9 Å². The SMILES string of the molecule is COCC1OC(OC2OCC3OC4(OCC(OC(=O)c5c(C)cc(O)cc5O)C5OCOC54)OC3C2O)C(OC)C(O)C1OC1OC(C)C(OC)C(OC2OC(C)C3OC4(CC(O)C(OC5CC(OC6CC(C)(N([O-])O)C(OC)C(C)O6)C(OC(=O)c6c(C)cc(O)c(Cl)c6OC)C(C)O5)C(C)O4)OC3(C)C2O)C1O. The first-order valence-corrected chi connectivity index (χ1v) is 36.6. The smallest absolute Gasteiger partial charge is 0.342 e. The van der Waals surface area contributed by atoms with Crippen LogP contribution in [-0.4, -0.2) is 339 Å². The first-order chi connectivity index (χ1) is 52.1. The van der Waals surface area contributed by atoms with Crippen LogP contribution < -0.4 is 4.74 Å². The van der Waals surface area contributed by atoms with Gasteiger partial charge in [-0.3, -0.25) is 5.23 Å². The van der Waals surface area contributed by atoms with E-state index in [4.69, 9.17) is 135 Å². The van der Waals surface area contributed by atoms with E-state index in [0.717, 1.165) is 6.07 Å². The maximum atomic E-state index is 14.2. The second-order valence-electron chi connectivity index (χ2n) is 29.8. The van der Waals surface area contributed by atoms with Crippen LogP contribution in [0.2, 0.25) is 5.02 Å². The Morgan fingerprint density at radius 3 is 1.97 bits per heavy atom. The minimum atomic E-state index is -2.05. The second kappa shape index (κ2) is 33.0. The fourth-order valence-corrected chi connectivity index (χ4v) is 17.2. The van der Waals surface area contributed by atoms with Crippen molar-refractivity contribution in [2.24, 2.45) is 0 Å². The van der Waals surface area contributed by atoms with Crippen LogP contribution in [0.15, 0.2) is 18.2 Å². The molecule has 11 aliphatic heterocycles. The number of hydrogen-bond acceptors (Lipinski definition) is 39. The highest BCUT2D eigenvalue weighted by molar-refractivity contribution is 6.34. The molecule has 0 radical (unpaired) electrons. The lowest BCUT2D eigenvalue weighted by Gasteiger charge is -2.53. The molecule has 9 N–H and O–H groups in total. The van der Waals surface area contributed by atoms with E-state index >= 15 is 0 Å². The number of methoxy groups -OCH3 is 5. The minimum absolute atomic E-state index is 0.0968. The number of esters is 2. The van der Waals surface area contributed by atoms with E-state index in [-0.39, 0.29) is 89.2 Å². The molecule has 35 atom stereocenters. The Bertz CT molecular complexity index is 3520. The quantitative estimate of drug-likeness (QED) is 0.0608. The number of aliphatic hydroxyl groups excluding tert-OH is 5. The number of aryl methyl sites for hydroxylation is 2. The number of nitrogens with zero attached hydrogens (tertiary/aromatic N) is 1. The molecule has 0 aromatic heterocycles. The van der Waals surface area contributed by atoms with E-state index in [1.54, 1.807) is 48.5 Å². The fourth-order valence-electron chi connectivity index (χ4n) is 17.0. The van der Waals surface area contributed by atoms with Gasteiger partial charge in [-0.15, -0.1) is 0 Å². The van der Waals surface area contributed by atoms with Gasteiger partial charge in [0.15, 0.2) is 61.8 Å². The Balaban J connectivity index is 0.642. The van der Waals surface area contributed by atoms with Crippen LogP contribution >= 0.6 is 11.6 Å². The van der Waals surface area contributed by atoms with E-state index in [0.29, 0.717) is 0 Å². The molecule has 11 saturated heterocycles. The normalized spacial score (nSPS) is 46.0. The average molecular weight is 1600 g/mol. The largest absolute Gasteiger partial charge is 0.762 e. The fraction of sp³-hybridized carbons (Fsp3) is 0.800. The number of benzene rings is 2. The molecule has 2 aromatic rings. The molecule has 11 aliphatic rings. The molecule has 40 heteroatoms. The summed E-state index contributed by atoms with van der Waals surface area (Å²) in [6.45, 7) is 13.0. The van der Waals surface area contributed by atoms with Gasteiger partial charge in [0.1, 0.15) is 143 Å². The number of rotatable bonds is 21. The maximum absolute atomic E-state index is 14.2. The van der Waals surface area contributed by atoms with Crippen molar-refractivity contribution >= 4 is 23.5 Å². The number of carbonyl (C=O) groups excluding carboxylic acids is 2. The zero-order valence-corrected chi connectivity index (χ0v) is 63.5. The third-order valence-corrected chi connectivity index (χ3v) is 22.7. The van der Waals surface area contributed by atoms with Crippen LogP contribution in [-0.2, 0) is 118 Å². The molecule has 2 spiro atoms. The molecule has 11 heterocycles. The van der Waals surface area contributed by atoms with E-state index in [1.165, 1.54) is 61.5 Å². The molecule has 0 bridgehead atoms. The summed E-state index contributed by atoms with van der Waals surface area (Å²) in [7, 11) is 6.61. The highest BCUT2D eigenvalue weighted by Gasteiger charge is 2.70. The van der Waals surface area contributed by atoms with Crippen molar-refractivity contribution < 1.29 is 179 Å². The molecule has 2 aromatic carbocycles. The molecule has 620 valence electrons.